The quantitative estimate of drug-likeness (QED) is 0.872. The minimum atomic E-state index is -0.753. The smallest absolute Gasteiger partial charge is 0.283 e. The van der Waals surface area contributed by atoms with Gasteiger partial charge in [-0.25, -0.2) is 4.39 Å². The Morgan fingerprint density at radius 1 is 1.43 bits per heavy atom. The molecule has 2 rings (SSSR count). The number of β-amino-alcohol motifs (C(OH)–C–C–N with tert-alkyl or cyclic N) is 1. The van der Waals surface area contributed by atoms with E-state index in [0.717, 1.165) is 5.56 Å². The molecule has 1 aliphatic heterocycles. The maximum absolute atomic E-state index is 13.9. The van der Waals surface area contributed by atoms with Gasteiger partial charge in [0.05, 0.1) is 19.3 Å². The Kier molecular flexibility index (Phi) is 4.63. The number of benzene rings is 1. The van der Waals surface area contributed by atoms with E-state index >= 15 is 0 Å². The van der Waals surface area contributed by atoms with Gasteiger partial charge in [-0.05, 0) is 43.5 Å². The van der Waals surface area contributed by atoms with Crippen molar-refractivity contribution >= 4 is 5.91 Å². The predicted octanol–water partition coefficient (Wildman–Crippen LogP) is 2.59. The summed E-state index contributed by atoms with van der Waals surface area (Å²) in [5.74, 6) is -0.750. The van der Waals surface area contributed by atoms with Crippen molar-refractivity contribution in [3.05, 3.63) is 41.2 Å². The van der Waals surface area contributed by atoms with Crippen molar-refractivity contribution in [2.24, 2.45) is 0 Å². The Morgan fingerprint density at radius 2 is 2.14 bits per heavy atom. The average molecular weight is 293 g/mol. The van der Waals surface area contributed by atoms with Gasteiger partial charge in [0.15, 0.2) is 5.83 Å². The van der Waals surface area contributed by atoms with E-state index in [1.807, 2.05) is 18.2 Å². The first-order chi connectivity index (χ1) is 9.93. The summed E-state index contributed by atoms with van der Waals surface area (Å²) in [4.78, 5) is 13.6. The first-order valence-corrected chi connectivity index (χ1v) is 6.90. The number of hydrogen-bond acceptors (Lipinski definition) is 3. The molecule has 0 bridgehead atoms. The Bertz CT molecular complexity index is 566. The van der Waals surface area contributed by atoms with Gasteiger partial charge in [0.2, 0.25) is 0 Å². The molecular weight excluding hydrogens is 273 g/mol. The predicted molar refractivity (Wildman–Crippen MR) is 77.6 cm³/mol. The molecular formula is C16H20FNO3. The summed E-state index contributed by atoms with van der Waals surface area (Å²) in [5, 5.41) is 9.86. The van der Waals surface area contributed by atoms with Gasteiger partial charge < -0.3 is 14.7 Å². The molecule has 1 N–H and O–H groups in total. The Labute approximate surface area is 123 Å². The second-order valence-corrected chi connectivity index (χ2v) is 5.45. The van der Waals surface area contributed by atoms with Gasteiger partial charge in [0.25, 0.3) is 5.91 Å². The zero-order valence-corrected chi connectivity index (χ0v) is 12.5. The lowest BCUT2D eigenvalue weighted by Crippen LogP contribution is -2.32. The molecule has 5 heteroatoms. The number of allylic oxidation sites excluding steroid dienone is 1. The fraction of sp³-hybridized carbons (Fsp3) is 0.438. The van der Waals surface area contributed by atoms with Crippen molar-refractivity contribution in [3.8, 4) is 5.75 Å². The van der Waals surface area contributed by atoms with Crippen molar-refractivity contribution in [2.75, 3.05) is 13.7 Å². The van der Waals surface area contributed by atoms with Crippen LogP contribution in [0.3, 0.4) is 0 Å². The maximum atomic E-state index is 13.9. The van der Waals surface area contributed by atoms with E-state index in [2.05, 4.69) is 0 Å². The topological polar surface area (TPSA) is 49.8 Å². The number of halogens is 1. The summed E-state index contributed by atoms with van der Waals surface area (Å²) >= 11 is 0. The highest BCUT2D eigenvalue weighted by Crippen LogP contribution is 2.35. The lowest BCUT2D eigenvalue weighted by atomic mass is 10.0. The standard InChI is InChI=1S/C16H20FNO3/c1-10(2)15(17)16(20)18-9-12(19)8-14(18)11-5-4-6-13(7-11)21-3/h4-7,12,14,19H,8-9H2,1-3H3. The molecule has 1 heterocycles. The average Bonchev–Trinajstić information content (AvgIpc) is 2.87. The molecule has 114 valence electrons. The van der Waals surface area contributed by atoms with E-state index in [-0.39, 0.29) is 12.6 Å². The molecule has 0 saturated carbocycles. The molecule has 0 aliphatic carbocycles. The summed E-state index contributed by atoms with van der Waals surface area (Å²) < 4.78 is 19.1. The van der Waals surface area contributed by atoms with Crippen LogP contribution in [0.4, 0.5) is 4.39 Å². The van der Waals surface area contributed by atoms with Crippen molar-refractivity contribution in [3.63, 3.8) is 0 Å². The van der Waals surface area contributed by atoms with Crippen LogP contribution in [-0.4, -0.2) is 35.7 Å². The zero-order valence-electron chi connectivity index (χ0n) is 12.5. The SMILES string of the molecule is COc1cccc(C2CC(O)CN2C(=O)C(F)=C(C)C)c1. The summed E-state index contributed by atoms with van der Waals surface area (Å²) in [6.07, 6.45) is -0.246. The molecule has 1 aromatic carbocycles. The molecule has 0 spiro atoms. The van der Waals surface area contributed by atoms with Crippen LogP contribution < -0.4 is 4.74 Å². The fourth-order valence-corrected chi connectivity index (χ4v) is 2.54. The summed E-state index contributed by atoms with van der Waals surface area (Å²) in [6, 6.07) is 6.94. The summed E-state index contributed by atoms with van der Waals surface area (Å²) in [5.41, 5.74) is 1.17. The highest BCUT2D eigenvalue weighted by molar-refractivity contribution is 5.92. The number of aliphatic hydroxyl groups is 1. The number of aliphatic hydroxyl groups excluding tert-OH is 1. The highest BCUT2D eigenvalue weighted by atomic mass is 19.1. The van der Waals surface area contributed by atoms with Crippen LogP contribution in [0.15, 0.2) is 35.7 Å². The normalized spacial score (nSPS) is 21.3. The van der Waals surface area contributed by atoms with Crippen LogP contribution in [-0.2, 0) is 4.79 Å². The van der Waals surface area contributed by atoms with Crippen LogP contribution in [0.5, 0.6) is 5.75 Å². The van der Waals surface area contributed by atoms with E-state index in [0.29, 0.717) is 17.7 Å². The number of carbonyl (C=O) groups is 1. The number of methoxy groups -OCH3 is 1. The third kappa shape index (κ3) is 3.24. The Morgan fingerprint density at radius 3 is 2.76 bits per heavy atom. The van der Waals surface area contributed by atoms with Crippen molar-refractivity contribution in [1.82, 2.24) is 4.90 Å². The number of rotatable bonds is 3. The third-order valence-corrected chi connectivity index (χ3v) is 3.65. The van der Waals surface area contributed by atoms with E-state index in [1.165, 1.54) is 4.90 Å². The molecule has 4 nitrogen and oxygen atoms in total. The number of carbonyl (C=O) groups excluding carboxylic acids is 1. The van der Waals surface area contributed by atoms with Crippen LogP contribution in [0.1, 0.15) is 31.9 Å². The second kappa shape index (κ2) is 6.26. The molecule has 21 heavy (non-hydrogen) atoms. The maximum Gasteiger partial charge on any atom is 0.283 e. The van der Waals surface area contributed by atoms with Crippen LogP contribution in [0, 0.1) is 0 Å². The Hall–Kier alpha value is -1.88. The van der Waals surface area contributed by atoms with Crippen LogP contribution in [0.25, 0.3) is 0 Å². The van der Waals surface area contributed by atoms with E-state index < -0.39 is 17.8 Å². The van der Waals surface area contributed by atoms with Crippen LogP contribution >= 0.6 is 0 Å². The van der Waals surface area contributed by atoms with Crippen molar-refractivity contribution < 1.29 is 19.0 Å². The monoisotopic (exact) mass is 293 g/mol. The zero-order chi connectivity index (χ0) is 15.6. The van der Waals surface area contributed by atoms with Crippen molar-refractivity contribution in [2.45, 2.75) is 32.4 Å². The second-order valence-electron chi connectivity index (χ2n) is 5.45. The molecule has 1 aromatic rings. The van der Waals surface area contributed by atoms with Crippen LogP contribution in [0.2, 0.25) is 0 Å². The number of hydrogen-bond donors (Lipinski definition) is 1. The number of nitrogens with zero attached hydrogens (tertiary/aromatic N) is 1. The fourth-order valence-electron chi connectivity index (χ4n) is 2.54. The molecule has 0 aromatic heterocycles. The first kappa shape index (κ1) is 15.5. The van der Waals surface area contributed by atoms with Gasteiger partial charge in [0, 0.05) is 6.54 Å². The van der Waals surface area contributed by atoms with Gasteiger partial charge in [-0.2, -0.15) is 0 Å². The molecule has 1 aliphatic rings. The lowest BCUT2D eigenvalue weighted by Gasteiger charge is -2.24. The van der Waals surface area contributed by atoms with E-state index in [1.54, 1.807) is 27.0 Å². The summed E-state index contributed by atoms with van der Waals surface area (Å²) in [6.45, 7) is 3.25. The highest BCUT2D eigenvalue weighted by Gasteiger charge is 2.37. The molecule has 1 saturated heterocycles. The molecule has 1 fully saturated rings. The van der Waals surface area contributed by atoms with E-state index in [9.17, 15) is 14.3 Å². The number of ether oxygens (including phenoxy) is 1. The molecule has 2 unspecified atom stereocenters. The Balaban J connectivity index is 2.32. The largest absolute Gasteiger partial charge is 0.497 e. The van der Waals surface area contributed by atoms with Gasteiger partial charge >= 0.3 is 0 Å². The minimum Gasteiger partial charge on any atom is -0.497 e. The van der Waals surface area contributed by atoms with Crippen molar-refractivity contribution in [1.29, 1.82) is 0 Å². The third-order valence-electron chi connectivity index (χ3n) is 3.65. The van der Waals surface area contributed by atoms with Gasteiger partial charge in [-0.15, -0.1) is 0 Å². The number of likely N-dealkylation sites (tertiary alicyclic amines) is 1. The summed E-state index contributed by atoms with van der Waals surface area (Å²) in [7, 11) is 1.56. The first-order valence-electron chi connectivity index (χ1n) is 6.90. The lowest BCUT2D eigenvalue weighted by molar-refractivity contribution is -0.130. The molecule has 0 radical (unpaired) electrons. The minimum absolute atomic E-state index is 0.140. The molecule has 1 amide bonds. The van der Waals surface area contributed by atoms with Gasteiger partial charge in [-0.3, -0.25) is 4.79 Å². The van der Waals surface area contributed by atoms with Gasteiger partial charge in [0.1, 0.15) is 5.75 Å². The number of amides is 1. The van der Waals surface area contributed by atoms with Gasteiger partial charge in [-0.1, -0.05) is 12.1 Å². The van der Waals surface area contributed by atoms with E-state index in [4.69, 9.17) is 4.74 Å². The molecule has 2 atom stereocenters.